The van der Waals surface area contributed by atoms with Gasteiger partial charge in [0.2, 0.25) is 0 Å². The van der Waals surface area contributed by atoms with Crippen LogP contribution in [0.1, 0.15) is 43.2 Å². The van der Waals surface area contributed by atoms with Crippen LogP contribution < -0.4 is 10.6 Å². The maximum atomic E-state index is 11.7. The number of aryl methyl sites for hydroxylation is 1. The Hall–Kier alpha value is -1.63. The van der Waals surface area contributed by atoms with E-state index in [1.165, 1.54) is 11.3 Å². The van der Waals surface area contributed by atoms with Gasteiger partial charge in [-0.25, -0.2) is 9.78 Å². The zero-order valence-electron chi connectivity index (χ0n) is 12.5. The summed E-state index contributed by atoms with van der Waals surface area (Å²) in [6.45, 7) is 5.00. The summed E-state index contributed by atoms with van der Waals surface area (Å²) in [5, 5.41) is 14.3. The van der Waals surface area contributed by atoms with Crippen molar-refractivity contribution in [3.05, 3.63) is 16.1 Å². The third-order valence-electron chi connectivity index (χ3n) is 3.44. The number of hydrogen-bond acceptors (Lipinski definition) is 4. The van der Waals surface area contributed by atoms with Crippen molar-refractivity contribution in [2.24, 2.45) is 5.92 Å². The molecule has 1 heterocycles. The van der Waals surface area contributed by atoms with E-state index in [0.717, 1.165) is 23.4 Å². The van der Waals surface area contributed by atoms with E-state index in [1.807, 2.05) is 13.8 Å². The lowest BCUT2D eigenvalue weighted by molar-refractivity contribution is -0.137. The van der Waals surface area contributed by atoms with Crippen molar-refractivity contribution in [2.75, 3.05) is 6.54 Å². The molecule has 0 spiro atoms. The Morgan fingerprint density at radius 1 is 1.38 bits per heavy atom. The summed E-state index contributed by atoms with van der Waals surface area (Å²) in [6, 6.07) is -0.198. The Bertz CT molecular complexity index is 462. The van der Waals surface area contributed by atoms with Gasteiger partial charge in [-0.1, -0.05) is 13.3 Å². The number of carbonyl (C=O) groups is 2. The minimum absolute atomic E-state index is 0.190. The van der Waals surface area contributed by atoms with Crippen LogP contribution in [0.5, 0.6) is 0 Å². The number of nitrogens with zero attached hydrogens (tertiary/aromatic N) is 1. The molecular formula is C14H23N3O3S. The summed E-state index contributed by atoms with van der Waals surface area (Å²) < 4.78 is 0. The molecule has 1 aromatic rings. The summed E-state index contributed by atoms with van der Waals surface area (Å²) >= 11 is 1.52. The minimum Gasteiger partial charge on any atom is -0.481 e. The first-order chi connectivity index (χ1) is 10.0. The minimum atomic E-state index is -0.765. The van der Waals surface area contributed by atoms with Gasteiger partial charge >= 0.3 is 12.0 Å². The molecule has 0 bridgehead atoms. The summed E-state index contributed by atoms with van der Waals surface area (Å²) in [5.74, 6) is -0.427. The number of thiazole rings is 1. The molecule has 7 heteroatoms. The van der Waals surface area contributed by atoms with Crippen molar-refractivity contribution in [3.8, 4) is 0 Å². The largest absolute Gasteiger partial charge is 0.481 e. The number of amides is 2. The van der Waals surface area contributed by atoms with Crippen LogP contribution in [0.2, 0.25) is 0 Å². The highest BCUT2D eigenvalue weighted by Crippen LogP contribution is 2.14. The molecule has 0 aromatic carbocycles. The zero-order chi connectivity index (χ0) is 15.7. The number of nitrogens with one attached hydrogen (secondary N) is 2. The summed E-state index contributed by atoms with van der Waals surface area (Å²) in [6.07, 6.45) is 2.58. The van der Waals surface area contributed by atoms with Crippen LogP contribution in [-0.2, 0) is 11.3 Å². The number of urea groups is 1. The number of rotatable bonds is 9. The van der Waals surface area contributed by atoms with E-state index >= 15 is 0 Å². The predicted molar refractivity (Wildman–Crippen MR) is 82.4 cm³/mol. The van der Waals surface area contributed by atoms with Crippen molar-refractivity contribution in [1.29, 1.82) is 0 Å². The van der Waals surface area contributed by atoms with Crippen LogP contribution in [0.15, 0.2) is 5.51 Å². The first-order valence-electron chi connectivity index (χ1n) is 7.15. The standard InChI is InChI=1S/C14H23N3O3S/c1-3-11(4-5-13(18)19)6-7-15-14(20)16-8-12-10(2)17-9-21-12/h9,11H,3-8H2,1-2H3,(H,18,19)(H2,15,16,20). The molecule has 6 nitrogen and oxygen atoms in total. The van der Waals surface area contributed by atoms with Gasteiger partial charge < -0.3 is 15.7 Å². The Kier molecular flexibility index (Phi) is 7.74. The van der Waals surface area contributed by atoms with E-state index in [1.54, 1.807) is 5.51 Å². The summed E-state index contributed by atoms with van der Waals surface area (Å²) in [5.41, 5.74) is 2.71. The van der Waals surface area contributed by atoms with Gasteiger partial charge in [-0.05, 0) is 25.7 Å². The van der Waals surface area contributed by atoms with Crippen LogP contribution in [0, 0.1) is 12.8 Å². The fraction of sp³-hybridized carbons (Fsp3) is 0.643. The fourth-order valence-electron chi connectivity index (χ4n) is 1.99. The molecule has 21 heavy (non-hydrogen) atoms. The molecule has 3 N–H and O–H groups in total. The summed E-state index contributed by atoms with van der Waals surface area (Å²) in [7, 11) is 0. The van der Waals surface area contributed by atoms with Crippen LogP contribution in [0.4, 0.5) is 4.79 Å². The number of aliphatic carboxylic acids is 1. The van der Waals surface area contributed by atoms with Crippen LogP contribution >= 0.6 is 11.3 Å². The number of aromatic nitrogens is 1. The lowest BCUT2D eigenvalue weighted by atomic mass is 9.97. The maximum absolute atomic E-state index is 11.7. The van der Waals surface area contributed by atoms with E-state index in [-0.39, 0.29) is 12.5 Å². The highest BCUT2D eigenvalue weighted by Gasteiger charge is 2.10. The van der Waals surface area contributed by atoms with Crippen molar-refractivity contribution < 1.29 is 14.7 Å². The lowest BCUT2D eigenvalue weighted by Crippen LogP contribution is -2.36. The summed E-state index contributed by atoms with van der Waals surface area (Å²) in [4.78, 5) is 27.4. The molecule has 2 amide bonds. The van der Waals surface area contributed by atoms with Crippen LogP contribution in [0.3, 0.4) is 0 Å². The van der Waals surface area contributed by atoms with E-state index in [4.69, 9.17) is 5.11 Å². The topological polar surface area (TPSA) is 91.3 Å². The molecule has 1 unspecified atom stereocenters. The normalized spacial score (nSPS) is 11.9. The van der Waals surface area contributed by atoms with Gasteiger partial charge in [0, 0.05) is 17.8 Å². The van der Waals surface area contributed by atoms with Gasteiger partial charge in [-0.15, -0.1) is 11.3 Å². The zero-order valence-corrected chi connectivity index (χ0v) is 13.3. The second-order valence-electron chi connectivity index (χ2n) is 4.97. The first kappa shape index (κ1) is 17.4. The number of carboxylic acids is 1. The molecular weight excluding hydrogens is 290 g/mol. The van der Waals surface area contributed by atoms with Gasteiger partial charge in [0.05, 0.1) is 17.7 Å². The molecule has 0 aliphatic rings. The molecule has 118 valence electrons. The smallest absolute Gasteiger partial charge is 0.315 e. The Morgan fingerprint density at radius 2 is 2.14 bits per heavy atom. The molecule has 0 aliphatic heterocycles. The van der Waals surface area contributed by atoms with E-state index < -0.39 is 5.97 Å². The molecule has 0 saturated heterocycles. The Balaban J connectivity index is 2.17. The van der Waals surface area contributed by atoms with Gasteiger partial charge in [-0.3, -0.25) is 4.79 Å². The average Bonchev–Trinajstić information content (AvgIpc) is 2.85. The Morgan fingerprint density at radius 3 is 2.71 bits per heavy atom. The monoisotopic (exact) mass is 313 g/mol. The van der Waals surface area contributed by atoms with Gasteiger partial charge in [-0.2, -0.15) is 0 Å². The second-order valence-corrected chi connectivity index (χ2v) is 5.91. The fourth-order valence-corrected chi connectivity index (χ4v) is 2.71. The van der Waals surface area contributed by atoms with E-state index in [2.05, 4.69) is 15.6 Å². The van der Waals surface area contributed by atoms with Gasteiger partial charge in [0.1, 0.15) is 0 Å². The van der Waals surface area contributed by atoms with Crippen molar-refractivity contribution >= 4 is 23.3 Å². The molecule has 0 saturated carbocycles. The number of hydrogen-bond donors (Lipinski definition) is 3. The molecule has 0 fully saturated rings. The van der Waals surface area contributed by atoms with Crippen LogP contribution in [-0.4, -0.2) is 28.6 Å². The highest BCUT2D eigenvalue weighted by atomic mass is 32.1. The number of carbonyl (C=O) groups excluding carboxylic acids is 1. The molecule has 1 rings (SSSR count). The Labute approximate surface area is 129 Å². The molecule has 1 atom stereocenters. The first-order valence-corrected chi connectivity index (χ1v) is 8.03. The average molecular weight is 313 g/mol. The number of carboxylic acid groups (broad SMARTS) is 1. The van der Waals surface area contributed by atoms with E-state index in [0.29, 0.717) is 25.4 Å². The quantitative estimate of drug-likeness (QED) is 0.653. The van der Waals surface area contributed by atoms with Crippen molar-refractivity contribution in [1.82, 2.24) is 15.6 Å². The van der Waals surface area contributed by atoms with Gasteiger partial charge in [0.15, 0.2) is 0 Å². The van der Waals surface area contributed by atoms with Crippen molar-refractivity contribution in [2.45, 2.75) is 46.1 Å². The molecule has 0 aliphatic carbocycles. The van der Waals surface area contributed by atoms with Gasteiger partial charge in [0.25, 0.3) is 0 Å². The van der Waals surface area contributed by atoms with Crippen LogP contribution in [0.25, 0.3) is 0 Å². The molecule has 1 aromatic heterocycles. The lowest BCUT2D eigenvalue weighted by Gasteiger charge is -2.14. The maximum Gasteiger partial charge on any atom is 0.315 e. The third-order valence-corrected chi connectivity index (χ3v) is 4.37. The SMILES string of the molecule is CCC(CCNC(=O)NCc1scnc1C)CCC(=O)O. The molecule has 0 radical (unpaired) electrons. The highest BCUT2D eigenvalue weighted by molar-refractivity contribution is 7.09. The second kappa shape index (κ2) is 9.33. The van der Waals surface area contributed by atoms with E-state index in [9.17, 15) is 9.59 Å². The van der Waals surface area contributed by atoms with Crippen molar-refractivity contribution in [3.63, 3.8) is 0 Å². The third kappa shape index (κ3) is 7.08. The predicted octanol–water partition coefficient (Wildman–Crippen LogP) is 2.53.